The monoisotopic (exact) mass is 276 g/mol. The zero-order valence-electron chi connectivity index (χ0n) is 12.0. The minimum Gasteiger partial charge on any atom is -0.393 e. The van der Waals surface area contributed by atoms with Crippen molar-refractivity contribution in [2.24, 2.45) is 11.7 Å². The lowest BCUT2D eigenvalue weighted by Gasteiger charge is -2.24. The van der Waals surface area contributed by atoms with Crippen molar-refractivity contribution in [3.05, 3.63) is 34.9 Å². The lowest BCUT2D eigenvalue weighted by atomic mass is 10.1. The molecule has 1 aromatic rings. The minimum atomic E-state index is 0.282. The SMILES string of the molecule is CCN(Cc1ccc2c(c1)CCC2)CC(C)C(N)=S. The first-order chi connectivity index (χ1) is 9.10. The number of rotatable bonds is 6. The summed E-state index contributed by atoms with van der Waals surface area (Å²) in [6, 6.07) is 6.97. The number of hydrogen-bond acceptors (Lipinski definition) is 2. The molecule has 2 nitrogen and oxygen atoms in total. The van der Waals surface area contributed by atoms with Crippen molar-refractivity contribution in [1.82, 2.24) is 4.90 Å². The van der Waals surface area contributed by atoms with E-state index in [2.05, 4.69) is 36.9 Å². The Bertz CT molecular complexity index is 456. The maximum atomic E-state index is 5.71. The van der Waals surface area contributed by atoms with Crippen molar-refractivity contribution in [1.29, 1.82) is 0 Å². The van der Waals surface area contributed by atoms with E-state index in [-0.39, 0.29) is 5.92 Å². The average molecular weight is 276 g/mol. The molecule has 1 aliphatic rings. The quantitative estimate of drug-likeness (QED) is 0.810. The molecule has 1 aromatic carbocycles. The van der Waals surface area contributed by atoms with Gasteiger partial charge in [0, 0.05) is 19.0 Å². The summed E-state index contributed by atoms with van der Waals surface area (Å²) in [6.45, 7) is 7.27. The van der Waals surface area contributed by atoms with Crippen LogP contribution in [0.5, 0.6) is 0 Å². The number of nitrogens with zero attached hydrogens (tertiary/aromatic N) is 1. The average Bonchev–Trinajstić information content (AvgIpc) is 2.85. The van der Waals surface area contributed by atoms with E-state index in [0.29, 0.717) is 4.99 Å². The maximum Gasteiger partial charge on any atom is 0.0768 e. The van der Waals surface area contributed by atoms with Crippen LogP contribution in [0, 0.1) is 5.92 Å². The molecule has 0 fully saturated rings. The molecule has 1 atom stereocenters. The molecule has 19 heavy (non-hydrogen) atoms. The van der Waals surface area contributed by atoms with Crippen LogP contribution < -0.4 is 5.73 Å². The molecule has 0 saturated carbocycles. The van der Waals surface area contributed by atoms with Crippen LogP contribution in [0.4, 0.5) is 0 Å². The van der Waals surface area contributed by atoms with E-state index in [1.165, 1.54) is 24.8 Å². The second-order valence-electron chi connectivity index (χ2n) is 5.59. The summed E-state index contributed by atoms with van der Waals surface area (Å²) >= 11 is 5.07. The van der Waals surface area contributed by atoms with Gasteiger partial charge in [0.15, 0.2) is 0 Å². The van der Waals surface area contributed by atoms with E-state index in [1.54, 1.807) is 11.1 Å². The Balaban J connectivity index is 2.00. The zero-order valence-corrected chi connectivity index (χ0v) is 12.8. The topological polar surface area (TPSA) is 29.3 Å². The predicted molar refractivity (Wildman–Crippen MR) is 85.4 cm³/mol. The molecule has 0 aliphatic heterocycles. The van der Waals surface area contributed by atoms with Gasteiger partial charge in [-0.15, -0.1) is 0 Å². The van der Waals surface area contributed by atoms with Gasteiger partial charge < -0.3 is 5.73 Å². The smallest absolute Gasteiger partial charge is 0.0768 e. The van der Waals surface area contributed by atoms with Crippen LogP contribution in [0.25, 0.3) is 0 Å². The summed E-state index contributed by atoms with van der Waals surface area (Å²) in [5, 5.41) is 0. The Labute approximate surface area is 122 Å². The Hall–Kier alpha value is -0.930. The van der Waals surface area contributed by atoms with Gasteiger partial charge in [-0.3, -0.25) is 4.90 Å². The van der Waals surface area contributed by atoms with Crippen LogP contribution in [-0.4, -0.2) is 23.0 Å². The fraction of sp³-hybridized carbons (Fsp3) is 0.562. The van der Waals surface area contributed by atoms with Gasteiger partial charge in [0.1, 0.15) is 0 Å². The molecule has 1 unspecified atom stereocenters. The highest BCUT2D eigenvalue weighted by molar-refractivity contribution is 7.80. The highest BCUT2D eigenvalue weighted by Crippen LogP contribution is 2.23. The van der Waals surface area contributed by atoms with Crippen molar-refractivity contribution in [3.8, 4) is 0 Å². The normalized spacial score (nSPS) is 15.5. The highest BCUT2D eigenvalue weighted by atomic mass is 32.1. The van der Waals surface area contributed by atoms with E-state index >= 15 is 0 Å². The molecule has 104 valence electrons. The summed E-state index contributed by atoms with van der Waals surface area (Å²) < 4.78 is 0. The van der Waals surface area contributed by atoms with Crippen LogP contribution in [0.1, 0.15) is 37.0 Å². The van der Waals surface area contributed by atoms with E-state index in [9.17, 15) is 0 Å². The largest absolute Gasteiger partial charge is 0.393 e. The molecule has 2 N–H and O–H groups in total. The summed E-state index contributed by atoms with van der Waals surface area (Å²) in [6.07, 6.45) is 3.82. The molecular formula is C16H24N2S. The first-order valence-electron chi connectivity index (χ1n) is 7.22. The van der Waals surface area contributed by atoms with Gasteiger partial charge in [-0.25, -0.2) is 0 Å². The molecule has 0 amide bonds. The molecule has 3 heteroatoms. The van der Waals surface area contributed by atoms with E-state index in [1.807, 2.05) is 0 Å². The number of aryl methyl sites for hydroxylation is 2. The fourth-order valence-electron chi connectivity index (χ4n) is 2.76. The lowest BCUT2D eigenvalue weighted by molar-refractivity contribution is 0.264. The molecule has 1 aliphatic carbocycles. The van der Waals surface area contributed by atoms with Gasteiger partial charge in [-0.1, -0.05) is 44.3 Å². The molecule has 0 spiro atoms. The third kappa shape index (κ3) is 3.77. The first kappa shape index (κ1) is 14.5. The molecule has 0 aromatic heterocycles. The molecule has 2 rings (SSSR count). The number of benzene rings is 1. The molecular weight excluding hydrogens is 252 g/mol. The molecule has 0 saturated heterocycles. The molecule has 0 radical (unpaired) electrons. The maximum absolute atomic E-state index is 5.71. The van der Waals surface area contributed by atoms with Crippen molar-refractivity contribution in [2.75, 3.05) is 13.1 Å². The van der Waals surface area contributed by atoms with Crippen LogP contribution in [0.3, 0.4) is 0 Å². The van der Waals surface area contributed by atoms with Gasteiger partial charge in [0.2, 0.25) is 0 Å². The number of thiocarbonyl (C=S) groups is 1. The second-order valence-corrected chi connectivity index (χ2v) is 6.06. The number of hydrogen-bond donors (Lipinski definition) is 1. The number of nitrogens with two attached hydrogens (primary N) is 1. The predicted octanol–water partition coefficient (Wildman–Crippen LogP) is 2.92. The van der Waals surface area contributed by atoms with Crippen LogP contribution in [0.2, 0.25) is 0 Å². The minimum absolute atomic E-state index is 0.282. The molecule has 0 bridgehead atoms. The highest BCUT2D eigenvalue weighted by Gasteiger charge is 2.14. The first-order valence-corrected chi connectivity index (χ1v) is 7.63. The Morgan fingerprint density at radius 1 is 1.37 bits per heavy atom. The fourth-order valence-corrected chi connectivity index (χ4v) is 2.84. The van der Waals surface area contributed by atoms with Gasteiger partial charge in [0.25, 0.3) is 0 Å². The Morgan fingerprint density at radius 3 is 2.79 bits per heavy atom. The standard InChI is InChI=1S/C16H24N2S/c1-3-18(10-12(2)16(17)19)11-13-7-8-14-5-4-6-15(14)9-13/h7-9,12H,3-6,10-11H2,1-2H3,(H2,17,19). The van der Waals surface area contributed by atoms with Crippen molar-refractivity contribution in [2.45, 2.75) is 39.7 Å². The van der Waals surface area contributed by atoms with Gasteiger partial charge >= 0.3 is 0 Å². The van der Waals surface area contributed by atoms with Gasteiger partial charge in [-0.2, -0.15) is 0 Å². The van der Waals surface area contributed by atoms with Gasteiger partial charge in [-0.05, 0) is 42.5 Å². The second kappa shape index (κ2) is 6.49. The summed E-state index contributed by atoms with van der Waals surface area (Å²) in [5.41, 5.74) is 10.2. The summed E-state index contributed by atoms with van der Waals surface area (Å²) in [4.78, 5) is 3.04. The zero-order chi connectivity index (χ0) is 13.8. The Morgan fingerprint density at radius 2 is 2.11 bits per heavy atom. The van der Waals surface area contributed by atoms with Crippen LogP contribution in [0.15, 0.2) is 18.2 Å². The molecule has 0 heterocycles. The van der Waals surface area contributed by atoms with E-state index < -0.39 is 0 Å². The third-order valence-corrected chi connectivity index (χ3v) is 4.44. The lowest BCUT2D eigenvalue weighted by Crippen LogP contribution is -2.33. The van der Waals surface area contributed by atoms with Crippen molar-refractivity contribution in [3.63, 3.8) is 0 Å². The van der Waals surface area contributed by atoms with E-state index in [4.69, 9.17) is 18.0 Å². The van der Waals surface area contributed by atoms with E-state index in [0.717, 1.165) is 19.6 Å². The van der Waals surface area contributed by atoms with Gasteiger partial charge in [0.05, 0.1) is 4.99 Å². The third-order valence-electron chi connectivity index (χ3n) is 4.03. The summed E-state index contributed by atoms with van der Waals surface area (Å²) in [7, 11) is 0. The number of fused-ring (bicyclic) bond motifs is 1. The van der Waals surface area contributed by atoms with Crippen LogP contribution in [-0.2, 0) is 19.4 Å². The van der Waals surface area contributed by atoms with Crippen molar-refractivity contribution < 1.29 is 0 Å². The summed E-state index contributed by atoms with van der Waals surface area (Å²) in [5.74, 6) is 0.282. The Kier molecular flexibility index (Phi) is 4.94. The van der Waals surface area contributed by atoms with Crippen molar-refractivity contribution >= 4 is 17.2 Å². The van der Waals surface area contributed by atoms with Crippen LogP contribution >= 0.6 is 12.2 Å².